The SMILES string of the molecule is CC(CCCN)C(=O)NC1CCN(C(=O)C(C)(C)C)CC1. The third-order valence-electron chi connectivity index (χ3n) is 4.06. The maximum absolute atomic E-state index is 12.2. The second-order valence-corrected chi connectivity index (χ2v) is 7.16. The molecule has 0 saturated carbocycles. The van der Waals surface area contributed by atoms with Gasteiger partial charge in [-0.05, 0) is 32.2 Å². The van der Waals surface area contributed by atoms with Gasteiger partial charge in [0.1, 0.15) is 0 Å². The van der Waals surface area contributed by atoms with Crippen molar-refractivity contribution in [2.24, 2.45) is 17.1 Å². The summed E-state index contributed by atoms with van der Waals surface area (Å²) in [5, 5.41) is 3.11. The van der Waals surface area contributed by atoms with E-state index in [1.807, 2.05) is 32.6 Å². The number of hydrogen-bond acceptors (Lipinski definition) is 3. The number of rotatable bonds is 5. The van der Waals surface area contributed by atoms with Crippen LogP contribution in [-0.2, 0) is 9.59 Å². The quantitative estimate of drug-likeness (QED) is 0.808. The molecule has 2 amide bonds. The summed E-state index contributed by atoms with van der Waals surface area (Å²) >= 11 is 0. The van der Waals surface area contributed by atoms with Crippen molar-refractivity contribution in [1.29, 1.82) is 0 Å². The fourth-order valence-electron chi connectivity index (χ4n) is 2.60. The van der Waals surface area contributed by atoms with Crippen LogP contribution in [0, 0.1) is 11.3 Å². The largest absolute Gasteiger partial charge is 0.353 e. The van der Waals surface area contributed by atoms with Gasteiger partial charge in [0.15, 0.2) is 0 Å². The molecule has 122 valence electrons. The van der Waals surface area contributed by atoms with Crippen LogP contribution in [0.2, 0.25) is 0 Å². The average molecular weight is 297 g/mol. The molecule has 0 aromatic heterocycles. The molecule has 1 aliphatic heterocycles. The third-order valence-corrected chi connectivity index (χ3v) is 4.06. The fraction of sp³-hybridized carbons (Fsp3) is 0.875. The maximum atomic E-state index is 12.2. The van der Waals surface area contributed by atoms with Crippen LogP contribution in [0.15, 0.2) is 0 Å². The van der Waals surface area contributed by atoms with Gasteiger partial charge in [-0.2, -0.15) is 0 Å². The predicted molar refractivity (Wildman–Crippen MR) is 84.7 cm³/mol. The van der Waals surface area contributed by atoms with Crippen LogP contribution < -0.4 is 11.1 Å². The van der Waals surface area contributed by atoms with E-state index in [0.717, 1.165) is 38.8 Å². The van der Waals surface area contributed by atoms with Crippen molar-refractivity contribution in [2.75, 3.05) is 19.6 Å². The summed E-state index contributed by atoms with van der Waals surface area (Å²) in [5.41, 5.74) is 5.14. The van der Waals surface area contributed by atoms with E-state index in [0.29, 0.717) is 6.54 Å². The summed E-state index contributed by atoms with van der Waals surface area (Å²) < 4.78 is 0. The van der Waals surface area contributed by atoms with Gasteiger partial charge in [0.25, 0.3) is 0 Å². The predicted octanol–water partition coefficient (Wildman–Crippen LogP) is 1.51. The Hall–Kier alpha value is -1.10. The van der Waals surface area contributed by atoms with E-state index in [1.54, 1.807) is 0 Å². The van der Waals surface area contributed by atoms with Gasteiger partial charge in [0.2, 0.25) is 11.8 Å². The number of likely N-dealkylation sites (tertiary alicyclic amines) is 1. The molecule has 1 saturated heterocycles. The van der Waals surface area contributed by atoms with Gasteiger partial charge in [-0.3, -0.25) is 9.59 Å². The smallest absolute Gasteiger partial charge is 0.227 e. The Kier molecular flexibility index (Phi) is 6.65. The van der Waals surface area contributed by atoms with E-state index in [-0.39, 0.29) is 29.2 Å². The van der Waals surface area contributed by atoms with E-state index in [9.17, 15) is 9.59 Å². The van der Waals surface area contributed by atoms with E-state index in [4.69, 9.17) is 5.73 Å². The third kappa shape index (κ3) is 5.65. The zero-order valence-electron chi connectivity index (χ0n) is 13.9. The monoisotopic (exact) mass is 297 g/mol. The van der Waals surface area contributed by atoms with Crippen LogP contribution in [-0.4, -0.2) is 42.4 Å². The van der Waals surface area contributed by atoms with Gasteiger partial charge in [0.05, 0.1) is 0 Å². The highest BCUT2D eigenvalue weighted by Crippen LogP contribution is 2.21. The fourth-order valence-corrected chi connectivity index (χ4v) is 2.60. The Morgan fingerprint density at radius 3 is 2.33 bits per heavy atom. The van der Waals surface area contributed by atoms with Gasteiger partial charge in [-0.25, -0.2) is 0 Å². The number of carbonyl (C=O) groups excluding carboxylic acids is 2. The van der Waals surface area contributed by atoms with Gasteiger partial charge < -0.3 is 16.0 Å². The average Bonchev–Trinajstić information content (AvgIpc) is 2.43. The lowest BCUT2D eigenvalue weighted by molar-refractivity contribution is -0.140. The molecule has 0 aromatic rings. The normalized spacial score (nSPS) is 18.4. The minimum Gasteiger partial charge on any atom is -0.353 e. The summed E-state index contributed by atoms with van der Waals surface area (Å²) in [6.07, 6.45) is 3.41. The summed E-state index contributed by atoms with van der Waals surface area (Å²) in [5.74, 6) is 0.329. The molecule has 0 spiro atoms. The first-order chi connectivity index (χ1) is 9.75. The molecule has 0 radical (unpaired) electrons. The highest BCUT2D eigenvalue weighted by Gasteiger charge is 2.30. The van der Waals surface area contributed by atoms with E-state index in [2.05, 4.69) is 5.32 Å². The topological polar surface area (TPSA) is 75.4 Å². The lowest BCUT2D eigenvalue weighted by Gasteiger charge is -2.36. The Balaban J connectivity index is 2.36. The number of nitrogens with zero attached hydrogens (tertiary/aromatic N) is 1. The van der Waals surface area contributed by atoms with Gasteiger partial charge in [-0.15, -0.1) is 0 Å². The molecule has 3 N–H and O–H groups in total. The molecule has 0 aliphatic carbocycles. The minimum atomic E-state index is -0.327. The van der Waals surface area contributed by atoms with Crippen LogP contribution >= 0.6 is 0 Å². The van der Waals surface area contributed by atoms with Crippen molar-refractivity contribution in [3.8, 4) is 0 Å². The number of nitrogens with two attached hydrogens (primary N) is 1. The second kappa shape index (κ2) is 7.78. The number of nitrogens with one attached hydrogen (secondary N) is 1. The zero-order chi connectivity index (χ0) is 16.0. The summed E-state index contributed by atoms with van der Waals surface area (Å²) in [4.78, 5) is 26.2. The van der Waals surface area contributed by atoms with Crippen LogP contribution in [0.3, 0.4) is 0 Å². The van der Waals surface area contributed by atoms with Crippen LogP contribution in [0.5, 0.6) is 0 Å². The minimum absolute atomic E-state index is 0.0165. The molecule has 1 unspecified atom stereocenters. The van der Waals surface area contributed by atoms with Crippen LogP contribution in [0.1, 0.15) is 53.4 Å². The zero-order valence-corrected chi connectivity index (χ0v) is 13.9. The first-order valence-corrected chi connectivity index (χ1v) is 8.05. The molecule has 0 bridgehead atoms. The summed E-state index contributed by atoms with van der Waals surface area (Å²) in [7, 11) is 0. The van der Waals surface area contributed by atoms with Gasteiger partial charge >= 0.3 is 0 Å². The Morgan fingerprint density at radius 2 is 1.86 bits per heavy atom. The van der Waals surface area contributed by atoms with E-state index < -0.39 is 0 Å². The number of amides is 2. The summed E-state index contributed by atoms with van der Waals surface area (Å²) in [6.45, 7) is 9.89. The van der Waals surface area contributed by atoms with Gasteiger partial charge in [0, 0.05) is 30.5 Å². The highest BCUT2D eigenvalue weighted by atomic mass is 16.2. The van der Waals surface area contributed by atoms with Crippen LogP contribution in [0.25, 0.3) is 0 Å². The first kappa shape index (κ1) is 18.0. The standard InChI is InChI=1S/C16H31N3O2/c1-12(6-5-9-17)14(20)18-13-7-10-19(11-8-13)15(21)16(2,3)4/h12-13H,5-11,17H2,1-4H3,(H,18,20). The number of carbonyl (C=O) groups is 2. The van der Waals surface area contributed by atoms with Crippen molar-refractivity contribution in [3.63, 3.8) is 0 Å². The number of piperidine rings is 1. The second-order valence-electron chi connectivity index (χ2n) is 7.16. The molecular formula is C16H31N3O2. The molecule has 1 fully saturated rings. The Labute approximate surface area is 128 Å². The first-order valence-electron chi connectivity index (χ1n) is 8.05. The molecule has 5 heteroatoms. The highest BCUT2D eigenvalue weighted by molar-refractivity contribution is 5.81. The van der Waals surface area contributed by atoms with Crippen molar-refractivity contribution in [2.45, 2.75) is 59.4 Å². The Bertz CT molecular complexity index is 355. The molecule has 1 heterocycles. The number of hydrogen-bond donors (Lipinski definition) is 2. The summed E-state index contributed by atoms with van der Waals surface area (Å²) in [6, 6.07) is 0.196. The Morgan fingerprint density at radius 1 is 1.29 bits per heavy atom. The van der Waals surface area contributed by atoms with Crippen molar-refractivity contribution >= 4 is 11.8 Å². The maximum Gasteiger partial charge on any atom is 0.227 e. The van der Waals surface area contributed by atoms with E-state index in [1.165, 1.54) is 0 Å². The lowest BCUT2D eigenvalue weighted by Crippen LogP contribution is -2.50. The molecule has 1 aliphatic rings. The van der Waals surface area contributed by atoms with Crippen LogP contribution in [0.4, 0.5) is 0 Å². The van der Waals surface area contributed by atoms with Crippen molar-refractivity contribution < 1.29 is 9.59 Å². The molecule has 5 nitrogen and oxygen atoms in total. The van der Waals surface area contributed by atoms with Gasteiger partial charge in [-0.1, -0.05) is 27.7 Å². The van der Waals surface area contributed by atoms with Crippen molar-refractivity contribution in [3.05, 3.63) is 0 Å². The lowest BCUT2D eigenvalue weighted by atomic mass is 9.93. The molecule has 1 rings (SSSR count). The molecular weight excluding hydrogens is 266 g/mol. The van der Waals surface area contributed by atoms with Crippen molar-refractivity contribution in [1.82, 2.24) is 10.2 Å². The molecule has 0 aromatic carbocycles. The molecule has 21 heavy (non-hydrogen) atoms. The van der Waals surface area contributed by atoms with E-state index >= 15 is 0 Å². The molecule has 1 atom stereocenters.